The Balaban J connectivity index is 1.74. The first-order valence-corrected chi connectivity index (χ1v) is 13.6. The molecule has 11 heteroatoms. The molecule has 4 rings (SSSR count). The van der Waals surface area contributed by atoms with Gasteiger partial charge in [-0.05, 0) is 62.6 Å². The van der Waals surface area contributed by atoms with Gasteiger partial charge in [0.1, 0.15) is 16.4 Å². The van der Waals surface area contributed by atoms with Crippen LogP contribution in [0.4, 0.5) is 11.4 Å². The van der Waals surface area contributed by atoms with Crippen molar-refractivity contribution in [3.8, 4) is 17.2 Å². The molecule has 2 aromatic carbocycles. The number of pyridine rings is 1. The van der Waals surface area contributed by atoms with Gasteiger partial charge in [0.15, 0.2) is 11.5 Å². The fraction of sp³-hybridized carbons (Fsp3) is 0.280. The summed E-state index contributed by atoms with van der Waals surface area (Å²) < 4.78 is 45.5. The van der Waals surface area contributed by atoms with Crippen LogP contribution in [0.3, 0.4) is 0 Å². The summed E-state index contributed by atoms with van der Waals surface area (Å²) in [5.41, 5.74) is 0.378. The molecular weight excluding hydrogens is 502 g/mol. The van der Waals surface area contributed by atoms with E-state index in [2.05, 4.69) is 10.3 Å². The van der Waals surface area contributed by atoms with Crippen LogP contribution in [0.15, 0.2) is 64.6 Å². The second-order valence-corrected chi connectivity index (χ2v) is 11.2. The second-order valence-electron chi connectivity index (χ2n) is 8.59. The van der Waals surface area contributed by atoms with Crippen molar-refractivity contribution in [2.24, 2.45) is 0 Å². The summed E-state index contributed by atoms with van der Waals surface area (Å²) in [7, 11) is -1.09. The van der Waals surface area contributed by atoms with E-state index in [9.17, 15) is 13.2 Å². The summed E-state index contributed by atoms with van der Waals surface area (Å²) in [6, 6.07) is 12.7. The van der Waals surface area contributed by atoms with Crippen LogP contribution < -0.4 is 23.8 Å². The Bertz CT molecular complexity index is 1410. The normalized spacial score (nSPS) is 14.4. The number of fused-ring (bicyclic) bond motifs is 1. The highest BCUT2D eigenvalue weighted by Gasteiger charge is 2.39. The maximum atomic E-state index is 13.8. The molecule has 0 unspecified atom stereocenters. The van der Waals surface area contributed by atoms with Gasteiger partial charge >= 0.3 is 0 Å². The molecule has 0 saturated carbocycles. The number of ether oxygens (including phenoxy) is 3. The number of methoxy groups -OCH3 is 2. The first-order chi connectivity index (χ1) is 17.1. The molecule has 1 aromatic heterocycles. The fourth-order valence-electron chi connectivity index (χ4n) is 3.88. The molecule has 0 saturated heterocycles. The predicted octanol–water partition coefficient (Wildman–Crippen LogP) is 4.44. The molecule has 0 aliphatic carbocycles. The lowest BCUT2D eigenvalue weighted by atomic mass is 10.1. The van der Waals surface area contributed by atoms with Crippen LogP contribution >= 0.6 is 11.8 Å². The maximum absolute atomic E-state index is 13.8. The molecule has 2 heterocycles. The standard InChI is InChI=1S/C25H27N3O6S2/c1-25(2)15-28(36(30,31)17-9-11-21(32-3)22(14-17)33-4)19-13-16(8-10-20(19)34-25)27-23(29)18-7-6-12-26-24(18)35-5/h6-14H,15H2,1-5H3,(H,27,29). The van der Waals surface area contributed by atoms with E-state index < -0.39 is 15.6 Å². The van der Waals surface area contributed by atoms with E-state index in [0.29, 0.717) is 39.2 Å². The van der Waals surface area contributed by atoms with E-state index in [0.717, 1.165) is 0 Å². The molecule has 0 bridgehead atoms. The number of thioether (sulfide) groups is 1. The first-order valence-electron chi connectivity index (χ1n) is 11.0. The second kappa shape index (κ2) is 9.90. The van der Waals surface area contributed by atoms with Gasteiger partial charge in [-0.25, -0.2) is 13.4 Å². The number of carbonyl (C=O) groups excluding carboxylic acids is 1. The zero-order chi connectivity index (χ0) is 26.1. The van der Waals surface area contributed by atoms with Crippen molar-refractivity contribution < 1.29 is 27.4 Å². The molecule has 0 fully saturated rings. The van der Waals surface area contributed by atoms with Crippen LogP contribution in [0.2, 0.25) is 0 Å². The van der Waals surface area contributed by atoms with E-state index >= 15 is 0 Å². The SMILES string of the molecule is COc1ccc(S(=O)(=O)N2CC(C)(C)Oc3ccc(NC(=O)c4cccnc4SC)cc32)cc1OC. The monoisotopic (exact) mass is 529 g/mol. The molecule has 3 aromatic rings. The Morgan fingerprint density at radius 2 is 1.86 bits per heavy atom. The maximum Gasteiger partial charge on any atom is 0.264 e. The third-order valence-electron chi connectivity index (χ3n) is 5.55. The highest BCUT2D eigenvalue weighted by molar-refractivity contribution is 7.98. The van der Waals surface area contributed by atoms with Crippen LogP contribution in [0.5, 0.6) is 17.2 Å². The number of benzene rings is 2. The fourth-order valence-corrected chi connectivity index (χ4v) is 6.06. The number of anilines is 2. The summed E-state index contributed by atoms with van der Waals surface area (Å²) in [5, 5.41) is 3.44. The molecular formula is C25H27N3O6S2. The van der Waals surface area contributed by atoms with Gasteiger partial charge < -0.3 is 19.5 Å². The average Bonchev–Trinajstić information content (AvgIpc) is 2.87. The summed E-state index contributed by atoms with van der Waals surface area (Å²) >= 11 is 1.37. The summed E-state index contributed by atoms with van der Waals surface area (Å²) in [6.07, 6.45) is 3.46. The van der Waals surface area contributed by atoms with Crippen molar-refractivity contribution in [2.75, 3.05) is 36.6 Å². The summed E-state index contributed by atoms with van der Waals surface area (Å²) in [5.74, 6) is 0.760. The predicted molar refractivity (Wildman–Crippen MR) is 139 cm³/mol. The Morgan fingerprint density at radius 3 is 2.56 bits per heavy atom. The summed E-state index contributed by atoms with van der Waals surface area (Å²) in [4.78, 5) is 17.2. The number of aromatic nitrogens is 1. The van der Waals surface area contributed by atoms with Crippen molar-refractivity contribution in [1.82, 2.24) is 4.98 Å². The molecule has 1 amide bonds. The number of nitrogens with one attached hydrogen (secondary N) is 1. The van der Waals surface area contributed by atoms with Crippen molar-refractivity contribution >= 4 is 39.1 Å². The highest BCUT2D eigenvalue weighted by atomic mass is 32.2. The topological polar surface area (TPSA) is 107 Å². The third-order valence-corrected chi connectivity index (χ3v) is 8.02. The average molecular weight is 530 g/mol. The van der Waals surface area contributed by atoms with E-state index in [4.69, 9.17) is 14.2 Å². The quantitative estimate of drug-likeness (QED) is 0.448. The zero-order valence-electron chi connectivity index (χ0n) is 20.6. The first kappa shape index (κ1) is 25.6. The number of rotatable bonds is 7. The third kappa shape index (κ3) is 4.93. The molecule has 0 radical (unpaired) electrons. The Labute approximate surface area is 214 Å². The molecule has 9 nitrogen and oxygen atoms in total. The van der Waals surface area contributed by atoms with Gasteiger partial charge in [-0.2, -0.15) is 0 Å². The molecule has 1 aliphatic heterocycles. The minimum absolute atomic E-state index is 0.0400. The van der Waals surface area contributed by atoms with Gasteiger partial charge in [0.2, 0.25) is 0 Å². The van der Waals surface area contributed by atoms with Gasteiger partial charge in [-0.3, -0.25) is 9.10 Å². The zero-order valence-corrected chi connectivity index (χ0v) is 22.2. The number of nitrogens with zero attached hydrogens (tertiary/aromatic N) is 2. The number of hydrogen-bond acceptors (Lipinski definition) is 8. The number of sulfonamides is 1. The van der Waals surface area contributed by atoms with Crippen LogP contribution in [-0.4, -0.2) is 51.9 Å². The van der Waals surface area contributed by atoms with E-state index in [-0.39, 0.29) is 17.3 Å². The Hall–Kier alpha value is -3.44. The number of hydrogen-bond donors (Lipinski definition) is 1. The largest absolute Gasteiger partial charge is 0.493 e. The highest BCUT2D eigenvalue weighted by Crippen LogP contribution is 2.42. The van der Waals surface area contributed by atoms with Crippen LogP contribution in [0.25, 0.3) is 0 Å². The smallest absolute Gasteiger partial charge is 0.264 e. The van der Waals surface area contributed by atoms with E-state index in [1.807, 2.05) is 20.1 Å². The molecule has 0 atom stereocenters. The van der Waals surface area contributed by atoms with Crippen molar-refractivity contribution in [2.45, 2.75) is 29.4 Å². The molecule has 190 valence electrons. The Kier molecular flexibility index (Phi) is 7.05. The Morgan fingerprint density at radius 1 is 1.11 bits per heavy atom. The summed E-state index contributed by atoms with van der Waals surface area (Å²) in [6.45, 7) is 3.69. The lowest BCUT2D eigenvalue weighted by Crippen LogP contribution is -2.49. The lowest BCUT2D eigenvalue weighted by molar-refractivity contribution is 0.102. The number of carbonyl (C=O) groups is 1. The van der Waals surface area contributed by atoms with Gasteiger partial charge in [0, 0.05) is 18.0 Å². The van der Waals surface area contributed by atoms with E-state index in [1.165, 1.54) is 42.4 Å². The molecule has 36 heavy (non-hydrogen) atoms. The lowest BCUT2D eigenvalue weighted by Gasteiger charge is -2.40. The van der Waals surface area contributed by atoms with Crippen LogP contribution in [-0.2, 0) is 10.0 Å². The van der Waals surface area contributed by atoms with Gasteiger partial charge in [-0.15, -0.1) is 11.8 Å². The van der Waals surface area contributed by atoms with Gasteiger partial charge in [0.25, 0.3) is 15.9 Å². The molecule has 1 N–H and O–H groups in total. The van der Waals surface area contributed by atoms with Crippen LogP contribution in [0, 0.1) is 0 Å². The minimum atomic E-state index is -4.02. The van der Waals surface area contributed by atoms with Crippen molar-refractivity contribution in [1.29, 1.82) is 0 Å². The number of amides is 1. The van der Waals surface area contributed by atoms with Gasteiger partial charge in [-0.1, -0.05) is 0 Å². The van der Waals surface area contributed by atoms with Crippen molar-refractivity contribution in [3.63, 3.8) is 0 Å². The molecule has 0 spiro atoms. The van der Waals surface area contributed by atoms with E-state index in [1.54, 1.807) is 42.6 Å². The minimum Gasteiger partial charge on any atom is -0.493 e. The molecule has 1 aliphatic rings. The van der Waals surface area contributed by atoms with Crippen molar-refractivity contribution in [3.05, 3.63) is 60.3 Å². The van der Waals surface area contributed by atoms with Gasteiger partial charge in [0.05, 0.1) is 36.9 Å². The van der Waals surface area contributed by atoms with Crippen LogP contribution in [0.1, 0.15) is 24.2 Å².